The zero-order chi connectivity index (χ0) is 15.1. The summed E-state index contributed by atoms with van der Waals surface area (Å²) in [5.41, 5.74) is 0.372. The van der Waals surface area contributed by atoms with Crippen molar-refractivity contribution in [2.75, 3.05) is 32.8 Å². The number of carbonyl (C=O) groups excluding carboxylic acids is 1. The summed E-state index contributed by atoms with van der Waals surface area (Å²) in [6.45, 7) is 8.05. The van der Waals surface area contributed by atoms with Crippen molar-refractivity contribution in [3.63, 3.8) is 0 Å². The van der Waals surface area contributed by atoms with Crippen molar-refractivity contribution in [2.24, 2.45) is 0 Å². The highest BCUT2D eigenvalue weighted by Gasteiger charge is 2.45. The molecule has 0 bridgehead atoms. The van der Waals surface area contributed by atoms with Gasteiger partial charge in [-0.25, -0.2) is 4.79 Å². The Balaban J connectivity index is 2.42. The molecule has 1 aliphatic rings. The van der Waals surface area contributed by atoms with Gasteiger partial charge in [0.25, 0.3) is 0 Å². The molecule has 4 nitrogen and oxygen atoms in total. The normalized spacial score (nSPS) is 19.5. The molecule has 0 aliphatic carbocycles. The first kappa shape index (κ1) is 16.0. The quantitative estimate of drug-likeness (QED) is 0.844. The molecule has 1 aliphatic heterocycles. The third kappa shape index (κ3) is 3.27. The molecule has 1 unspecified atom stereocenters. The fourth-order valence-corrected chi connectivity index (χ4v) is 3.19. The molecular weight excluding hydrogens is 264 g/mol. The van der Waals surface area contributed by atoms with Crippen LogP contribution in [-0.2, 0) is 15.1 Å². The molecule has 0 amide bonds. The zero-order valence-electron chi connectivity index (χ0n) is 13.1. The molecule has 1 N–H and O–H groups in total. The van der Waals surface area contributed by atoms with Gasteiger partial charge in [-0.2, -0.15) is 0 Å². The minimum absolute atomic E-state index is 0.124. The molecule has 1 heterocycles. The van der Waals surface area contributed by atoms with E-state index in [1.165, 1.54) is 0 Å². The molecule has 21 heavy (non-hydrogen) atoms. The number of esters is 1. The minimum atomic E-state index is -0.663. The van der Waals surface area contributed by atoms with Crippen LogP contribution < -0.4 is 5.32 Å². The fourth-order valence-electron chi connectivity index (χ4n) is 3.19. The van der Waals surface area contributed by atoms with E-state index in [1.807, 2.05) is 37.3 Å². The van der Waals surface area contributed by atoms with Gasteiger partial charge in [0.1, 0.15) is 5.54 Å². The van der Waals surface area contributed by atoms with Crippen molar-refractivity contribution in [3.8, 4) is 0 Å². The molecule has 2 rings (SSSR count). The number of ether oxygens (including phenoxy) is 1. The zero-order valence-corrected chi connectivity index (χ0v) is 13.1. The van der Waals surface area contributed by atoms with Crippen molar-refractivity contribution in [1.29, 1.82) is 0 Å². The van der Waals surface area contributed by atoms with Gasteiger partial charge in [-0.15, -0.1) is 0 Å². The maximum Gasteiger partial charge on any atom is 0.331 e. The smallest absolute Gasteiger partial charge is 0.331 e. The van der Waals surface area contributed by atoms with E-state index in [0.29, 0.717) is 6.61 Å². The fraction of sp³-hybridized carbons (Fsp3) is 0.588. The Kier molecular flexibility index (Phi) is 5.76. The number of rotatable bonds is 5. The SMILES string of the molecule is CCOC(=O)C(CC)(c1ccccc1)N1CCCNCC1. The van der Waals surface area contributed by atoms with Crippen LogP contribution in [0.4, 0.5) is 0 Å². The van der Waals surface area contributed by atoms with Crippen LogP contribution in [0.25, 0.3) is 0 Å². The Morgan fingerprint density at radius 3 is 2.67 bits per heavy atom. The van der Waals surface area contributed by atoms with Crippen LogP contribution in [0.2, 0.25) is 0 Å². The van der Waals surface area contributed by atoms with Crippen LogP contribution in [-0.4, -0.2) is 43.7 Å². The number of hydrogen-bond donors (Lipinski definition) is 1. The van der Waals surface area contributed by atoms with Crippen LogP contribution in [0.5, 0.6) is 0 Å². The molecule has 116 valence electrons. The number of benzene rings is 1. The summed E-state index contributed by atoms with van der Waals surface area (Å²) < 4.78 is 5.45. The maximum atomic E-state index is 12.8. The highest BCUT2D eigenvalue weighted by molar-refractivity contribution is 5.82. The molecule has 1 aromatic carbocycles. The van der Waals surface area contributed by atoms with Crippen LogP contribution in [0, 0.1) is 0 Å². The number of nitrogens with zero attached hydrogens (tertiary/aromatic N) is 1. The molecule has 0 spiro atoms. The van der Waals surface area contributed by atoms with E-state index in [9.17, 15) is 4.79 Å². The lowest BCUT2D eigenvalue weighted by Gasteiger charge is -2.41. The lowest BCUT2D eigenvalue weighted by Crippen LogP contribution is -2.53. The molecule has 0 aromatic heterocycles. The average Bonchev–Trinajstić information content (AvgIpc) is 2.80. The van der Waals surface area contributed by atoms with E-state index < -0.39 is 5.54 Å². The summed E-state index contributed by atoms with van der Waals surface area (Å²) in [4.78, 5) is 15.1. The second-order valence-electron chi connectivity index (χ2n) is 5.39. The van der Waals surface area contributed by atoms with Gasteiger partial charge in [0, 0.05) is 19.6 Å². The molecule has 1 fully saturated rings. The third-order valence-electron chi connectivity index (χ3n) is 4.26. The van der Waals surface area contributed by atoms with Crippen LogP contribution in [0.1, 0.15) is 32.3 Å². The van der Waals surface area contributed by atoms with Gasteiger partial charge >= 0.3 is 5.97 Å². The monoisotopic (exact) mass is 290 g/mol. The molecule has 1 atom stereocenters. The number of nitrogens with one attached hydrogen (secondary N) is 1. The molecular formula is C17H26N2O2. The first-order chi connectivity index (χ1) is 10.3. The Labute approximate surface area is 127 Å². The standard InChI is InChI=1S/C17H26N2O2/c1-3-17(16(20)21-4-2,15-9-6-5-7-10-15)19-13-8-11-18-12-14-19/h5-7,9-10,18H,3-4,8,11-14H2,1-2H3. The highest BCUT2D eigenvalue weighted by atomic mass is 16.5. The Hall–Kier alpha value is -1.39. The minimum Gasteiger partial charge on any atom is -0.464 e. The van der Waals surface area contributed by atoms with Crippen LogP contribution in [0.15, 0.2) is 30.3 Å². The van der Waals surface area contributed by atoms with Crippen molar-refractivity contribution in [2.45, 2.75) is 32.2 Å². The van der Waals surface area contributed by atoms with Gasteiger partial charge in [-0.1, -0.05) is 37.3 Å². The number of carbonyl (C=O) groups is 1. The average molecular weight is 290 g/mol. The first-order valence-corrected chi connectivity index (χ1v) is 7.94. The van der Waals surface area contributed by atoms with Gasteiger partial charge in [-0.3, -0.25) is 4.90 Å². The summed E-state index contributed by atoms with van der Waals surface area (Å²) in [5, 5.41) is 3.40. The topological polar surface area (TPSA) is 41.6 Å². The number of hydrogen-bond acceptors (Lipinski definition) is 4. The molecule has 1 aromatic rings. The summed E-state index contributed by atoms with van der Waals surface area (Å²) in [6.07, 6.45) is 1.77. The predicted molar refractivity (Wildman–Crippen MR) is 84.1 cm³/mol. The van der Waals surface area contributed by atoms with Gasteiger partial charge in [-0.05, 0) is 31.9 Å². The van der Waals surface area contributed by atoms with Gasteiger partial charge in [0.15, 0.2) is 0 Å². The van der Waals surface area contributed by atoms with Crippen molar-refractivity contribution in [3.05, 3.63) is 35.9 Å². The lowest BCUT2D eigenvalue weighted by atomic mass is 9.85. The van der Waals surface area contributed by atoms with E-state index >= 15 is 0 Å². The summed E-state index contributed by atoms with van der Waals surface area (Å²) in [7, 11) is 0. The van der Waals surface area contributed by atoms with E-state index in [-0.39, 0.29) is 5.97 Å². The second-order valence-corrected chi connectivity index (χ2v) is 5.39. The second kappa shape index (κ2) is 7.57. The summed E-state index contributed by atoms with van der Waals surface area (Å²) >= 11 is 0. The molecule has 0 radical (unpaired) electrons. The highest BCUT2D eigenvalue weighted by Crippen LogP contribution is 2.34. The van der Waals surface area contributed by atoms with Crippen molar-refractivity contribution in [1.82, 2.24) is 10.2 Å². The van der Waals surface area contributed by atoms with Gasteiger partial charge < -0.3 is 10.1 Å². The first-order valence-electron chi connectivity index (χ1n) is 7.94. The molecule has 4 heteroatoms. The molecule has 0 saturated carbocycles. The predicted octanol–water partition coefficient (Wildman–Crippen LogP) is 2.15. The maximum absolute atomic E-state index is 12.8. The van der Waals surface area contributed by atoms with E-state index in [2.05, 4.69) is 17.1 Å². The summed E-state index contributed by atoms with van der Waals surface area (Å²) in [5.74, 6) is -0.124. The van der Waals surface area contributed by atoms with E-state index in [0.717, 1.165) is 44.6 Å². The van der Waals surface area contributed by atoms with E-state index in [4.69, 9.17) is 4.74 Å². The third-order valence-corrected chi connectivity index (χ3v) is 4.26. The lowest BCUT2D eigenvalue weighted by molar-refractivity contribution is -0.159. The van der Waals surface area contributed by atoms with Crippen LogP contribution in [0.3, 0.4) is 0 Å². The Morgan fingerprint density at radius 2 is 2.00 bits per heavy atom. The van der Waals surface area contributed by atoms with Gasteiger partial charge in [0.05, 0.1) is 6.61 Å². The largest absolute Gasteiger partial charge is 0.464 e. The van der Waals surface area contributed by atoms with E-state index in [1.54, 1.807) is 0 Å². The Bertz CT molecular complexity index is 441. The van der Waals surface area contributed by atoms with Gasteiger partial charge in [0.2, 0.25) is 0 Å². The summed E-state index contributed by atoms with van der Waals surface area (Å²) in [6, 6.07) is 10.1. The Morgan fingerprint density at radius 1 is 1.24 bits per heavy atom. The van der Waals surface area contributed by atoms with Crippen molar-refractivity contribution < 1.29 is 9.53 Å². The molecule has 1 saturated heterocycles. The van der Waals surface area contributed by atoms with Crippen molar-refractivity contribution >= 4 is 5.97 Å². The van der Waals surface area contributed by atoms with Crippen LogP contribution >= 0.6 is 0 Å².